The predicted octanol–water partition coefficient (Wildman–Crippen LogP) is 3.74. The Morgan fingerprint density at radius 2 is 1.89 bits per heavy atom. The first-order valence-corrected chi connectivity index (χ1v) is 7.02. The van der Waals surface area contributed by atoms with Crippen molar-refractivity contribution < 1.29 is 0 Å². The molecule has 102 valence electrons. The Balaban J connectivity index is 2.21. The molecule has 19 heavy (non-hydrogen) atoms. The number of anilines is 1. The van der Waals surface area contributed by atoms with Gasteiger partial charge in [-0.15, -0.1) is 0 Å². The molecule has 2 rings (SSSR count). The molecule has 0 aliphatic carbocycles. The van der Waals surface area contributed by atoms with Crippen molar-refractivity contribution in [3.05, 3.63) is 36.0 Å². The molecular formula is C16H23N3. The van der Waals surface area contributed by atoms with Gasteiger partial charge in [0.25, 0.3) is 0 Å². The molecule has 0 fully saturated rings. The van der Waals surface area contributed by atoms with E-state index in [-0.39, 0.29) is 0 Å². The lowest BCUT2D eigenvalue weighted by molar-refractivity contribution is 0.605. The zero-order valence-electron chi connectivity index (χ0n) is 12.1. The van der Waals surface area contributed by atoms with E-state index in [4.69, 9.17) is 5.73 Å². The second kappa shape index (κ2) is 5.91. The monoisotopic (exact) mass is 257 g/mol. The number of nitrogen functional groups attached to an aromatic ring is 1. The molecule has 0 spiro atoms. The summed E-state index contributed by atoms with van der Waals surface area (Å²) in [7, 11) is 0. The second-order valence-electron chi connectivity index (χ2n) is 5.49. The molecular weight excluding hydrogens is 234 g/mol. The second-order valence-corrected chi connectivity index (χ2v) is 5.49. The quantitative estimate of drug-likeness (QED) is 0.886. The molecule has 0 radical (unpaired) electrons. The number of hydrogen-bond acceptors (Lipinski definition) is 2. The van der Waals surface area contributed by atoms with E-state index in [0.717, 1.165) is 36.3 Å². The zero-order chi connectivity index (χ0) is 13.8. The van der Waals surface area contributed by atoms with Gasteiger partial charge in [-0.3, -0.25) is 4.68 Å². The van der Waals surface area contributed by atoms with Crippen LogP contribution in [-0.4, -0.2) is 9.78 Å². The Kier molecular flexibility index (Phi) is 4.25. The van der Waals surface area contributed by atoms with Crippen molar-refractivity contribution >= 4 is 5.69 Å². The van der Waals surface area contributed by atoms with Crippen molar-refractivity contribution in [2.24, 2.45) is 5.92 Å². The summed E-state index contributed by atoms with van der Waals surface area (Å²) in [5.74, 6) is 0.680. The van der Waals surface area contributed by atoms with Crippen LogP contribution in [0.15, 0.2) is 30.5 Å². The molecule has 0 unspecified atom stereocenters. The highest BCUT2D eigenvalue weighted by atomic mass is 15.3. The summed E-state index contributed by atoms with van der Waals surface area (Å²) >= 11 is 0. The fourth-order valence-corrected chi connectivity index (χ4v) is 2.27. The van der Waals surface area contributed by atoms with E-state index in [1.807, 2.05) is 10.9 Å². The fraction of sp³-hybridized carbons (Fsp3) is 0.438. The van der Waals surface area contributed by atoms with E-state index >= 15 is 0 Å². The number of nitrogens with two attached hydrogens (primary N) is 1. The van der Waals surface area contributed by atoms with Crippen LogP contribution in [0.3, 0.4) is 0 Å². The van der Waals surface area contributed by atoms with E-state index in [1.54, 1.807) is 0 Å². The Morgan fingerprint density at radius 3 is 2.47 bits per heavy atom. The largest absolute Gasteiger partial charge is 0.396 e. The predicted molar refractivity (Wildman–Crippen MR) is 80.9 cm³/mol. The van der Waals surface area contributed by atoms with Crippen LogP contribution in [0.25, 0.3) is 11.3 Å². The molecule has 0 aliphatic rings. The van der Waals surface area contributed by atoms with Gasteiger partial charge in [0.1, 0.15) is 5.69 Å². The maximum Gasteiger partial charge on any atom is 0.115 e. The number of aryl methyl sites for hydroxylation is 1. The average Bonchev–Trinajstić information content (AvgIpc) is 2.71. The molecule has 2 N–H and O–H groups in total. The lowest BCUT2D eigenvalue weighted by Crippen LogP contribution is -1.97. The Hall–Kier alpha value is -1.77. The van der Waals surface area contributed by atoms with Gasteiger partial charge >= 0.3 is 0 Å². The van der Waals surface area contributed by atoms with Crippen LogP contribution in [0.5, 0.6) is 0 Å². The molecule has 0 bridgehead atoms. The van der Waals surface area contributed by atoms with Crippen LogP contribution in [0, 0.1) is 5.92 Å². The smallest absolute Gasteiger partial charge is 0.115 e. The van der Waals surface area contributed by atoms with Gasteiger partial charge in [-0.25, -0.2) is 0 Å². The first kappa shape index (κ1) is 13.7. The van der Waals surface area contributed by atoms with Crippen LogP contribution >= 0.6 is 0 Å². The van der Waals surface area contributed by atoms with Crippen molar-refractivity contribution in [2.45, 2.75) is 40.2 Å². The van der Waals surface area contributed by atoms with Gasteiger partial charge in [0.05, 0.1) is 5.69 Å². The van der Waals surface area contributed by atoms with Gasteiger partial charge in [0, 0.05) is 18.3 Å². The van der Waals surface area contributed by atoms with Crippen molar-refractivity contribution in [1.29, 1.82) is 0 Å². The lowest BCUT2D eigenvalue weighted by atomic mass is 10.0. The van der Waals surface area contributed by atoms with E-state index in [9.17, 15) is 0 Å². The van der Waals surface area contributed by atoms with E-state index in [1.165, 1.54) is 5.56 Å². The Labute approximate surface area is 115 Å². The number of benzene rings is 1. The van der Waals surface area contributed by atoms with Crippen molar-refractivity contribution in [2.75, 3.05) is 5.73 Å². The highest BCUT2D eigenvalue weighted by Crippen LogP contribution is 2.24. The molecule has 0 aliphatic heterocycles. The normalized spacial score (nSPS) is 11.2. The molecule has 0 atom stereocenters. The number of aromatic nitrogens is 2. The standard InChI is InChI=1S/C16H23N3/c1-4-9-19-11-15(17)16(18-19)14-7-5-13(6-8-14)10-12(2)3/h5-8,11-12H,4,9-10,17H2,1-3H3. The molecule has 0 amide bonds. The van der Waals surface area contributed by atoms with Gasteiger partial charge in [-0.2, -0.15) is 5.10 Å². The van der Waals surface area contributed by atoms with Gasteiger partial charge in [-0.05, 0) is 24.3 Å². The van der Waals surface area contributed by atoms with Gasteiger partial charge < -0.3 is 5.73 Å². The maximum atomic E-state index is 6.04. The topological polar surface area (TPSA) is 43.8 Å². The summed E-state index contributed by atoms with van der Waals surface area (Å²) in [6.07, 6.45) is 4.09. The summed E-state index contributed by atoms with van der Waals surface area (Å²) in [5.41, 5.74) is 10.2. The summed E-state index contributed by atoms with van der Waals surface area (Å²) in [6.45, 7) is 7.52. The summed E-state index contributed by atoms with van der Waals surface area (Å²) < 4.78 is 1.92. The summed E-state index contributed by atoms with van der Waals surface area (Å²) in [5, 5.41) is 4.55. The van der Waals surface area contributed by atoms with Crippen LogP contribution in [0.4, 0.5) is 5.69 Å². The fourth-order valence-electron chi connectivity index (χ4n) is 2.27. The summed E-state index contributed by atoms with van der Waals surface area (Å²) in [4.78, 5) is 0. The first-order chi connectivity index (χ1) is 9.10. The van der Waals surface area contributed by atoms with Crippen molar-refractivity contribution in [3.8, 4) is 11.3 Å². The molecule has 3 nitrogen and oxygen atoms in total. The van der Waals surface area contributed by atoms with Crippen LogP contribution in [-0.2, 0) is 13.0 Å². The minimum atomic E-state index is 0.680. The number of nitrogens with zero attached hydrogens (tertiary/aromatic N) is 2. The van der Waals surface area contributed by atoms with Crippen molar-refractivity contribution in [1.82, 2.24) is 9.78 Å². The minimum absolute atomic E-state index is 0.680. The molecule has 1 aromatic carbocycles. The SMILES string of the molecule is CCCn1cc(N)c(-c2ccc(CC(C)C)cc2)n1. The number of hydrogen-bond donors (Lipinski definition) is 1. The van der Waals surface area contributed by atoms with E-state index < -0.39 is 0 Å². The molecule has 1 heterocycles. The number of rotatable bonds is 5. The van der Waals surface area contributed by atoms with E-state index in [2.05, 4.69) is 50.1 Å². The molecule has 0 saturated heterocycles. The third kappa shape index (κ3) is 3.37. The van der Waals surface area contributed by atoms with Gasteiger partial charge in [-0.1, -0.05) is 45.0 Å². The molecule has 0 saturated carbocycles. The Morgan fingerprint density at radius 1 is 1.21 bits per heavy atom. The third-order valence-corrected chi connectivity index (χ3v) is 3.11. The summed E-state index contributed by atoms with van der Waals surface area (Å²) in [6, 6.07) is 8.58. The molecule has 1 aromatic heterocycles. The van der Waals surface area contributed by atoms with Crippen LogP contribution in [0.1, 0.15) is 32.8 Å². The minimum Gasteiger partial charge on any atom is -0.396 e. The molecule has 2 aromatic rings. The lowest BCUT2D eigenvalue weighted by Gasteiger charge is -2.05. The highest BCUT2D eigenvalue weighted by Gasteiger charge is 2.08. The van der Waals surface area contributed by atoms with Gasteiger partial charge in [0.2, 0.25) is 0 Å². The van der Waals surface area contributed by atoms with E-state index in [0.29, 0.717) is 5.92 Å². The Bertz CT molecular complexity index is 523. The third-order valence-electron chi connectivity index (χ3n) is 3.11. The molecule has 3 heteroatoms. The van der Waals surface area contributed by atoms with Crippen molar-refractivity contribution in [3.63, 3.8) is 0 Å². The average molecular weight is 257 g/mol. The van der Waals surface area contributed by atoms with Crippen LogP contribution in [0.2, 0.25) is 0 Å². The highest BCUT2D eigenvalue weighted by molar-refractivity contribution is 5.72. The van der Waals surface area contributed by atoms with Crippen LogP contribution < -0.4 is 5.73 Å². The van der Waals surface area contributed by atoms with Gasteiger partial charge in [0.15, 0.2) is 0 Å². The maximum absolute atomic E-state index is 6.04. The zero-order valence-corrected chi connectivity index (χ0v) is 12.1. The first-order valence-electron chi connectivity index (χ1n) is 7.02.